The SMILES string of the molecule is CCOc1ccc(OCC(=O)N2CCC3(CC2)OCCO3)cc1. The first-order chi connectivity index (χ1) is 11.2. The molecular formula is C17H23NO5. The smallest absolute Gasteiger partial charge is 0.260 e. The van der Waals surface area contributed by atoms with Crippen molar-refractivity contribution in [1.82, 2.24) is 4.90 Å². The highest BCUT2D eigenvalue weighted by molar-refractivity contribution is 5.77. The first kappa shape index (κ1) is 16.1. The summed E-state index contributed by atoms with van der Waals surface area (Å²) in [7, 11) is 0. The normalized spacial score (nSPS) is 19.8. The summed E-state index contributed by atoms with van der Waals surface area (Å²) in [6, 6.07) is 7.29. The van der Waals surface area contributed by atoms with Gasteiger partial charge in [0.25, 0.3) is 5.91 Å². The van der Waals surface area contributed by atoms with E-state index in [1.165, 1.54) is 0 Å². The molecule has 2 aliphatic rings. The third kappa shape index (κ3) is 3.95. The average Bonchev–Trinajstić information content (AvgIpc) is 3.03. The Kier molecular flexibility index (Phi) is 5.03. The Morgan fingerprint density at radius 1 is 1.09 bits per heavy atom. The molecule has 2 heterocycles. The molecule has 23 heavy (non-hydrogen) atoms. The van der Waals surface area contributed by atoms with Crippen molar-refractivity contribution in [3.05, 3.63) is 24.3 Å². The number of carbonyl (C=O) groups is 1. The first-order valence-corrected chi connectivity index (χ1v) is 8.12. The van der Waals surface area contributed by atoms with E-state index in [4.69, 9.17) is 18.9 Å². The molecule has 126 valence electrons. The predicted molar refractivity (Wildman–Crippen MR) is 83.6 cm³/mol. The van der Waals surface area contributed by atoms with E-state index < -0.39 is 5.79 Å². The van der Waals surface area contributed by atoms with Crippen molar-refractivity contribution in [2.75, 3.05) is 39.5 Å². The molecule has 0 saturated carbocycles. The highest BCUT2D eigenvalue weighted by Crippen LogP contribution is 2.31. The van der Waals surface area contributed by atoms with Crippen molar-refractivity contribution in [2.24, 2.45) is 0 Å². The van der Waals surface area contributed by atoms with Crippen LogP contribution in [0.1, 0.15) is 19.8 Å². The van der Waals surface area contributed by atoms with E-state index >= 15 is 0 Å². The van der Waals surface area contributed by atoms with E-state index in [1.54, 1.807) is 0 Å². The number of hydrogen-bond donors (Lipinski definition) is 0. The number of carbonyl (C=O) groups excluding carboxylic acids is 1. The molecule has 0 atom stereocenters. The molecule has 0 radical (unpaired) electrons. The van der Waals surface area contributed by atoms with Crippen LogP contribution >= 0.6 is 0 Å². The molecule has 1 aromatic rings. The van der Waals surface area contributed by atoms with Gasteiger partial charge in [0.05, 0.1) is 19.8 Å². The van der Waals surface area contributed by atoms with Crippen molar-refractivity contribution in [1.29, 1.82) is 0 Å². The van der Waals surface area contributed by atoms with Crippen LogP contribution in [0.5, 0.6) is 11.5 Å². The Labute approximate surface area is 136 Å². The van der Waals surface area contributed by atoms with Crippen LogP contribution in [0.2, 0.25) is 0 Å². The predicted octanol–water partition coefficient (Wildman–Crippen LogP) is 1.83. The summed E-state index contributed by atoms with van der Waals surface area (Å²) in [5, 5.41) is 0. The highest BCUT2D eigenvalue weighted by atomic mass is 16.7. The second-order valence-corrected chi connectivity index (χ2v) is 5.68. The molecule has 1 spiro atoms. The lowest BCUT2D eigenvalue weighted by molar-refractivity contribution is -0.187. The number of hydrogen-bond acceptors (Lipinski definition) is 5. The summed E-state index contributed by atoms with van der Waals surface area (Å²) in [6.45, 7) is 5.19. The highest BCUT2D eigenvalue weighted by Gasteiger charge is 2.40. The van der Waals surface area contributed by atoms with Crippen LogP contribution in [-0.2, 0) is 14.3 Å². The average molecular weight is 321 g/mol. The molecule has 6 heteroatoms. The summed E-state index contributed by atoms with van der Waals surface area (Å²) in [5.41, 5.74) is 0. The van der Waals surface area contributed by atoms with Gasteiger partial charge in [0.15, 0.2) is 12.4 Å². The van der Waals surface area contributed by atoms with Crippen LogP contribution in [0.4, 0.5) is 0 Å². The van der Waals surface area contributed by atoms with E-state index in [1.807, 2.05) is 36.1 Å². The molecule has 2 saturated heterocycles. The van der Waals surface area contributed by atoms with Crippen LogP contribution in [-0.4, -0.2) is 56.1 Å². The molecule has 6 nitrogen and oxygen atoms in total. The third-order valence-electron chi connectivity index (χ3n) is 4.19. The largest absolute Gasteiger partial charge is 0.494 e. The van der Waals surface area contributed by atoms with Gasteiger partial charge in [-0.05, 0) is 31.2 Å². The molecule has 0 unspecified atom stereocenters. The number of rotatable bonds is 5. The second kappa shape index (κ2) is 7.19. The van der Waals surface area contributed by atoms with Crippen LogP contribution in [0.3, 0.4) is 0 Å². The van der Waals surface area contributed by atoms with Gasteiger partial charge in [-0.2, -0.15) is 0 Å². The fourth-order valence-electron chi connectivity index (χ4n) is 2.92. The summed E-state index contributed by atoms with van der Waals surface area (Å²) in [6.07, 6.45) is 1.45. The molecule has 2 fully saturated rings. The van der Waals surface area contributed by atoms with Crippen molar-refractivity contribution < 1.29 is 23.7 Å². The summed E-state index contributed by atoms with van der Waals surface area (Å²) >= 11 is 0. The van der Waals surface area contributed by atoms with Gasteiger partial charge in [-0.25, -0.2) is 0 Å². The van der Waals surface area contributed by atoms with Gasteiger partial charge in [-0.1, -0.05) is 0 Å². The summed E-state index contributed by atoms with van der Waals surface area (Å²) < 4.78 is 22.3. The zero-order valence-corrected chi connectivity index (χ0v) is 13.5. The minimum Gasteiger partial charge on any atom is -0.494 e. The Hall–Kier alpha value is -1.79. The fraction of sp³-hybridized carbons (Fsp3) is 0.588. The van der Waals surface area contributed by atoms with Gasteiger partial charge in [-0.3, -0.25) is 4.79 Å². The monoisotopic (exact) mass is 321 g/mol. The van der Waals surface area contributed by atoms with E-state index in [0.717, 1.165) is 18.6 Å². The lowest BCUT2D eigenvalue weighted by atomic mass is 10.0. The summed E-state index contributed by atoms with van der Waals surface area (Å²) in [4.78, 5) is 14.0. The Morgan fingerprint density at radius 2 is 1.65 bits per heavy atom. The second-order valence-electron chi connectivity index (χ2n) is 5.68. The quantitative estimate of drug-likeness (QED) is 0.828. The number of nitrogens with zero attached hydrogens (tertiary/aromatic N) is 1. The number of amides is 1. The summed E-state index contributed by atoms with van der Waals surface area (Å²) in [5.74, 6) is 1.00. The van der Waals surface area contributed by atoms with Crippen molar-refractivity contribution in [3.8, 4) is 11.5 Å². The van der Waals surface area contributed by atoms with Crippen molar-refractivity contribution in [2.45, 2.75) is 25.6 Å². The maximum Gasteiger partial charge on any atom is 0.260 e. The van der Waals surface area contributed by atoms with E-state index in [2.05, 4.69) is 0 Å². The van der Waals surface area contributed by atoms with Crippen molar-refractivity contribution in [3.63, 3.8) is 0 Å². The molecule has 3 rings (SSSR count). The maximum atomic E-state index is 12.2. The molecule has 2 aliphatic heterocycles. The molecule has 0 bridgehead atoms. The fourth-order valence-corrected chi connectivity index (χ4v) is 2.92. The molecule has 1 amide bonds. The lowest BCUT2D eigenvalue weighted by Gasteiger charge is -2.37. The zero-order valence-electron chi connectivity index (χ0n) is 13.5. The van der Waals surface area contributed by atoms with Crippen LogP contribution in [0, 0.1) is 0 Å². The van der Waals surface area contributed by atoms with Crippen LogP contribution in [0.25, 0.3) is 0 Å². The number of likely N-dealkylation sites (tertiary alicyclic amines) is 1. The molecule has 0 aliphatic carbocycles. The van der Waals surface area contributed by atoms with Crippen LogP contribution in [0.15, 0.2) is 24.3 Å². The van der Waals surface area contributed by atoms with Gasteiger partial charge < -0.3 is 23.8 Å². The Bertz CT molecular complexity index is 514. The molecule has 1 aromatic carbocycles. The minimum absolute atomic E-state index is 0.00766. The number of benzene rings is 1. The number of piperidine rings is 1. The molecule has 0 aromatic heterocycles. The zero-order chi connectivity index (χ0) is 16.1. The maximum absolute atomic E-state index is 12.2. The third-order valence-corrected chi connectivity index (χ3v) is 4.19. The van der Waals surface area contributed by atoms with Gasteiger partial charge in [0.1, 0.15) is 11.5 Å². The van der Waals surface area contributed by atoms with E-state index in [9.17, 15) is 4.79 Å². The van der Waals surface area contributed by atoms with Gasteiger partial charge in [0, 0.05) is 25.9 Å². The van der Waals surface area contributed by atoms with Gasteiger partial charge in [0.2, 0.25) is 0 Å². The number of ether oxygens (including phenoxy) is 4. The molecule has 0 N–H and O–H groups in total. The Balaban J connectivity index is 1.44. The van der Waals surface area contributed by atoms with E-state index in [-0.39, 0.29) is 12.5 Å². The molecular weight excluding hydrogens is 298 g/mol. The lowest BCUT2D eigenvalue weighted by Crippen LogP contribution is -2.48. The van der Waals surface area contributed by atoms with Crippen LogP contribution < -0.4 is 9.47 Å². The standard InChI is InChI=1S/C17H23NO5/c1-2-20-14-3-5-15(6-4-14)21-13-16(19)18-9-7-17(8-10-18)22-11-12-23-17/h3-6H,2,7-13H2,1H3. The van der Waals surface area contributed by atoms with Crippen molar-refractivity contribution >= 4 is 5.91 Å². The van der Waals surface area contributed by atoms with Gasteiger partial charge >= 0.3 is 0 Å². The van der Waals surface area contributed by atoms with E-state index in [0.29, 0.717) is 38.7 Å². The van der Waals surface area contributed by atoms with Gasteiger partial charge in [-0.15, -0.1) is 0 Å². The minimum atomic E-state index is -0.452. The topological polar surface area (TPSA) is 57.2 Å². The Morgan fingerprint density at radius 3 is 2.22 bits per heavy atom. The first-order valence-electron chi connectivity index (χ1n) is 8.12.